The maximum absolute atomic E-state index is 12.7. The average molecular weight is 313 g/mol. The minimum atomic E-state index is -0.220. The first-order valence-corrected chi connectivity index (χ1v) is 7.51. The maximum Gasteiger partial charge on any atom is 0.134 e. The van der Waals surface area contributed by atoms with Gasteiger partial charge >= 0.3 is 0 Å². The highest BCUT2D eigenvalue weighted by Crippen LogP contribution is 2.27. The lowest BCUT2D eigenvalue weighted by molar-refractivity contribution is 0.318. The predicted molar refractivity (Wildman–Crippen MR) is 80.4 cm³/mol. The van der Waals surface area contributed by atoms with Crippen LogP contribution in [0, 0.1) is 5.82 Å². The molecule has 0 radical (unpaired) electrons. The van der Waals surface area contributed by atoms with Crippen LogP contribution in [0.5, 0.6) is 11.5 Å². The van der Waals surface area contributed by atoms with E-state index in [1.54, 1.807) is 36.0 Å². The van der Waals surface area contributed by atoms with Crippen LogP contribution in [0.1, 0.15) is 6.42 Å². The van der Waals surface area contributed by atoms with Crippen molar-refractivity contribution in [2.45, 2.75) is 11.3 Å². The van der Waals surface area contributed by atoms with Gasteiger partial charge in [0, 0.05) is 16.7 Å². The zero-order chi connectivity index (χ0) is 14.4. The molecule has 0 unspecified atom stereocenters. The van der Waals surface area contributed by atoms with E-state index >= 15 is 0 Å². The molecule has 20 heavy (non-hydrogen) atoms. The Kier molecular flexibility index (Phi) is 5.56. The third-order valence-corrected chi connectivity index (χ3v) is 3.96. The third-order valence-electron chi connectivity index (χ3n) is 2.56. The van der Waals surface area contributed by atoms with Crippen LogP contribution in [-0.2, 0) is 0 Å². The second-order valence-electron chi connectivity index (χ2n) is 4.12. The Balaban J connectivity index is 1.68. The molecule has 0 saturated carbocycles. The topological polar surface area (TPSA) is 29.5 Å². The number of hydrogen-bond acceptors (Lipinski definition) is 3. The summed E-state index contributed by atoms with van der Waals surface area (Å²) < 4.78 is 18.3. The molecule has 0 aliphatic carbocycles. The minimum Gasteiger partial charge on any atom is -0.506 e. The Morgan fingerprint density at radius 2 is 1.90 bits per heavy atom. The Morgan fingerprint density at radius 3 is 2.60 bits per heavy atom. The van der Waals surface area contributed by atoms with Crippen LogP contribution in [0.25, 0.3) is 0 Å². The van der Waals surface area contributed by atoms with Crippen molar-refractivity contribution >= 4 is 23.4 Å². The molecular weight excluding hydrogens is 299 g/mol. The molecule has 0 atom stereocenters. The lowest BCUT2D eigenvalue weighted by atomic mass is 10.3. The zero-order valence-corrected chi connectivity index (χ0v) is 12.3. The van der Waals surface area contributed by atoms with E-state index in [9.17, 15) is 9.50 Å². The summed E-state index contributed by atoms with van der Waals surface area (Å²) in [7, 11) is 0. The lowest BCUT2D eigenvalue weighted by Crippen LogP contribution is -1.98. The van der Waals surface area contributed by atoms with Gasteiger partial charge in [-0.15, -0.1) is 11.8 Å². The number of thioether (sulfide) groups is 1. The van der Waals surface area contributed by atoms with E-state index in [4.69, 9.17) is 16.3 Å². The van der Waals surface area contributed by atoms with E-state index in [0.29, 0.717) is 12.4 Å². The normalized spacial score (nSPS) is 10.5. The number of hydrogen-bond donors (Lipinski definition) is 1. The first kappa shape index (κ1) is 15.0. The molecule has 2 aromatic rings. The summed E-state index contributed by atoms with van der Waals surface area (Å²) in [5, 5.41) is 9.56. The van der Waals surface area contributed by atoms with Crippen molar-refractivity contribution in [1.82, 2.24) is 0 Å². The molecular formula is C15H14ClFO2S. The van der Waals surface area contributed by atoms with Gasteiger partial charge in [0.15, 0.2) is 0 Å². The molecule has 0 saturated heterocycles. The Bertz CT molecular complexity index is 560. The first-order chi connectivity index (χ1) is 9.65. The number of phenols is 1. The van der Waals surface area contributed by atoms with Crippen LogP contribution in [-0.4, -0.2) is 17.5 Å². The fraction of sp³-hybridized carbons (Fsp3) is 0.200. The highest BCUT2D eigenvalue weighted by molar-refractivity contribution is 7.99. The third kappa shape index (κ3) is 4.62. The molecule has 0 aliphatic heterocycles. The van der Waals surface area contributed by atoms with Gasteiger partial charge in [-0.3, -0.25) is 0 Å². The molecule has 0 fully saturated rings. The molecule has 5 heteroatoms. The molecule has 106 valence electrons. The standard InChI is InChI=1S/C15H14ClFO2S/c16-14-10-12(4-7-15(14)18)19-8-1-9-20-13-5-2-11(17)3-6-13/h2-7,10,18H,1,8-9H2. The van der Waals surface area contributed by atoms with Crippen LogP contribution in [0.15, 0.2) is 47.4 Å². The van der Waals surface area contributed by atoms with E-state index < -0.39 is 0 Å². The van der Waals surface area contributed by atoms with Crippen molar-refractivity contribution in [3.8, 4) is 11.5 Å². The highest BCUT2D eigenvalue weighted by atomic mass is 35.5. The summed E-state index contributed by atoms with van der Waals surface area (Å²) >= 11 is 7.44. The predicted octanol–water partition coefficient (Wildman–Crippen LogP) is 4.75. The van der Waals surface area contributed by atoms with Gasteiger partial charge in [-0.2, -0.15) is 0 Å². The van der Waals surface area contributed by atoms with Crippen LogP contribution < -0.4 is 4.74 Å². The van der Waals surface area contributed by atoms with Gasteiger partial charge in [-0.1, -0.05) is 11.6 Å². The summed E-state index contributed by atoms with van der Waals surface area (Å²) in [6.45, 7) is 0.565. The molecule has 0 aliphatic rings. The van der Waals surface area contributed by atoms with E-state index in [-0.39, 0.29) is 16.6 Å². The van der Waals surface area contributed by atoms with E-state index in [1.807, 2.05) is 0 Å². The van der Waals surface area contributed by atoms with Gasteiger partial charge in [0.1, 0.15) is 17.3 Å². The van der Waals surface area contributed by atoms with Crippen LogP contribution in [0.3, 0.4) is 0 Å². The van der Waals surface area contributed by atoms with Crippen molar-refractivity contribution in [1.29, 1.82) is 0 Å². The second-order valence-corrected chi connectivity index (χ2v) is 5.69. The molecule has 0 amide bonds. The number of ether oxygens (including phenoxy) is 1. The number of aromatic hydroxyl groups is 1. The number of phenolic OH excluding ortho intramolecular Hbond substituents is 1. The van der Waals surface area contributed by atoms with Crippen molar-refractivity contribution in [2.24, 2.45) is 0 Å². The van der Waals surface area contributed by atoms with Gasteiger partial charge < -0.3 is 9.84 Å². The van der Waals surface area contributed by atoms with Gasteiger partial charge in [0.05, 0.1) is 11.6 Å². The van der Waals surface area contributed by atoms with Crippen molar-refractivity contribution < 1.29 is 14.2 Å². The first-order valence-electron chi connectivity index (χ1n) is 6.15. The van der Waals surface area contributed by atoms with Crippen LogP contribution in [0.4, 0.5) is 4.39 Å². The SMILES string of the molecule is Oc1ccc(OCCCSc2ccc(F)cc2)cc1Cl. The minimum absolute atomic E-state index is 0.0471. The Morgan fingerprint density at radius 1 is 1.15 bits per heavy atom. The molecule has 1 N–H and O–H groups in total. The summed E-state index contributed by atoms with van der Waals surface area (Å²) in [5.41, 5.74) is 0. The molecule has 0 spiro atoms. The number of halogens is 2. The van der Waals surface area contributed by atoms with Gasteiger partial charge in [0.2, 0.25) is 0 Å². The van der Waals surface area contributed by atoms with Crippen LogP contribution in [0.2, 0.25) is 5.02 Å². The molecule has 2 nitrogen and oxygen atoms in total. The van der Waals surface area contributed by atoms with Gasteiger partial charge in [-0.25, -0.2) is 4.39 Å². The molecule has 0 aromatic heterocycles. The molecule has 2 aromatic carbocycles. The quantitative estimate of drug-likeness (QED) is 0.617. The fourth-order valence-electron chi connectivity index (χ4n) is 1.55. The molecule has 2 rings (SSSR count). The second kappa shape index (κ2) is 7.41. The highest BCUT2D eigenvalue weighted by Gasteiger charge is 2.01. The van der Waals surface area contributed by atoms with Crippen molar-refractivity contribution in [3.05, 3.63) is 53.3 Å². The largest absolute Gasteiger partial charge is 0.506 e. The zero-order valence-electron chi connectivity index (χ0n) is 10.7. The summed E-state index contributed by atoms with van der Waals surface area (Å²) in [5.74, 6) is 1.35. The Labute approximate surface area is 126 Å². The van der Waals surface area contributed by atoms with E-state index in [2.05, 4.69) is 0 Å². The maximum atomic E-state index is 12.7. The number of benzene rings is 2. The number of rotatable bonds is 6. The van der Waals surface area contributed by atoms with Gasteiger partial charge in [0.25, 0.3) is 0 Å². The Hall–Kier alpha value is -1.39. The molecule has 0 bridgehead atoms. The van der Waals surface area contributed by atoms with Gasteiger partial charge in [-0.05, 0) is 42.8 Å². The fourth-order valence-corrected chi connectivity index (χ4v) is 2.54. The smallest absolute Gasteiger partial charge is 0.134 e. The van der Waals surface area contributed by atoms with E-state index in [1.165, 1.54) is 18.2 Å². The van der Waals surface area contributed by atoms with Crippen molar-refractivity contribution in [3.63, 3.8) is 0 Å². The lowest BCUT2D eigenvalue weighted by Gasteiger charge is -2.07. The average Bonchev–Trinajstić information content (AvgIpc) is 2.44. The molecule has 0 heterocycles. The summed E-state index contributed by atoms with van der Waals surface area (Å²) in [6, 6.07) is 11.2. The van der Waals surface area contributed by atoms with Crippen LogP contribution >= 0.6 is 23.4 Å². The monoisotopic (exact) mass is 312 g/mol. The summed E-state index contributed by atoms with van der Waals surface area (Å²) in [4.78, 5) is 1.04. The summed E-state index contributed by atoms with van der Waals surface area (Å²) in [6.07, 6.45) is 0.862. The van der Waals surface area contributed by atoms with Crippen molar-refractivity contribution in [2.75, 3.05) is 12.4 Å². The van der Waals surface area contributed by atoms with E-state index in [0.717, 1.165) is 17.1 Å².